The van der Waals surface area contributed by atoms with E-state index >= 15 is 0 Å². The molecule has 0 saturated carbocycles. The van der Waals surface area contributed by atoms with Crippen LogP contribution >= 0.6 is 0 Å². The van der Waals surface area contributed by atoms with E-state index in [1.807, 2.05) is 32.3 Å². The standard InChI is InChI=1S/C19H22N4O/c1-3-5-19(24)21-12-14-8-10-15(11-9-14)16-6-4-7-18-22-17(20-2)13-23(16)18/h4,6-11,13,20H,3,5,12H2,1-2H3,(H,21,24). The molecule has 0 saturated heterocycles. The van der Waals surface area contributed by atoms with E-state index in [-0.39, 0.29) is 5.91 Å². The summed E-state index contributed by atoms with van der Waals surface area (Å²) in [7, 11) is 1.86. The van der Waals surface area contributed by atoms with Gasteiger partial charge in [0.25, 0.3) is 0 Å². The molecule has 2 aromatic heterocycles. The second kappa shape index (κ2) is 7.17. The molecule has 24 heavy (non-hydrogen) atoms. The van der Waals surface area contributed by atoms with Gasteiger partial charge in [-0.25, -0.2) is 4.98 Å². The lowest BCUT2D eigenvalue weighted by Gasteiger charge is -2.08. The van der Waals surface area contributed by atoms with Gasteiger partial charge in [-0.3, -0.25) is 9.20 Å². The Hall–Kier alpha value is -2.82. The fraction of sp³-hybridized carbons (Fsp3) is 0.263. The first kappa shape index (κ1) is 16.1. The monoisotopic (exact) mass is 322 g/mol. The summed E-state index contributed by atoms with van der Waals surface area (Å²) in [6, 6.07) is 14.3. The number of carbonyl (C=O) groups is 1. The Labute approximate surface area is 141 Å². The van der Waals surface area contributed by atoms with Gasteiger partial charge in [-0.1, -0.05) is 37.3 Å². The van der Waals surface area contributed by atoms with Gasteiger partial charge in [0, 0.05) is 20.0 Å². The van der Waals surface area contributed by atoms with Crippen molar-refractivity contribution in [3.05, 3.63) is 54.2 Å². The van der Waals surface area contributed by atoms with Gasteiger partial charge in [0.15, 0.2) is 0 Å². The maximum Gasteiger partial charge on any atom is 0.220 e. The number of rotatable bonds is 6. The van der Waals surface area contributed by atoms with Crippen LogP contribution < -0.4 is 10.6 Å². The minimum Gasteiger partial charge on any atom is -0.372 e. The van der Waals surface area contributed by atoms with Crippen molar-refractivity contribution in [1.82, 2.24) is 14.7 Å². The summed E-state index contributed by atoms with van der Waals surface area (Å²) in [4.78, 5) is 16.1. The summed E-state index contributed by atoms with van der Waals surface area (Å²) >= 11 is 0. The van der Waals surface area contributed by atoms with Gasteiger partial charge in [0.05, 0.1) is 11.9 Å². The number of pyridine rings is 1. The Bertz CT molecular complexity index is 836. The summed E-state index contributed by atoms with van der Waals surface area (Å²) in [5, 5.41) is 6.01. The molecule has 3 rings (SSSR count). The lowest BCUT2D eigenvalue weighted by molar-refractivity contribution is -0.121. The van der Waals surface area contributed by atoms with Crippen LogP contribution in [-0.2, 0) is 11.3 Å². The lowest BCUT2D eigenvalue weighted by atomic mass is 10.1. The number of amides is 1. The van der Waals surface area contributed by atoms with Crippen LogP contribution in [0.25, 0.3) is 16.9 Å². The van der Waals surface area contributed by atoms with E-state index < -0.39 is 0 Å². The Morgan fingerprint density at radius 1 is 1.17 bits per heavy atom. The number of nitrogens with zero attached hydrogens (tertiary/aromatic N) is 2. The molecule has 0 unspecified atom stereocenters. The number of aromatic nitrogens is 2. The predicted octanol–water partition coefficient (Wildman–Crippen LogP) is 3.46. The van der Waals surface area contributed by atoms with Gasteiger partial charge < -0.3 is 10.6 Å². The summed E-state index contributed by atoms with van der Waals surface area (Å²) in [6.07, 6.45) is 3.44. The maximum atomic E-state index is 11.6. The summed E-state index contributed by atoms with van der Waals surface area (Å²) in [5.41, 5.74) is 4.21. The predicted molar refractivity (Wildman–Crippen MR) is 96.9 cm³/mol. The molecule has 1 aromatic carbocycles. The molecule has 2 N–H and O–H groups in total. The number of nitrogens with one attached hydrogen (secondary N) is 2. The molecule has 0 aliphatic heterocycles. The minimum absolute atomic E-state index is 0.101. The zero-order valence-electron chi connectivity index (χ0n) is 14.0. The third-order valence-electron chi connectivity index (χ3n) is 3.96. The fourth-order valence-electron chi connectivity index (χ4n) is 2.68. The molecule has 0 aliphatic rings. The topological polar surface area (TPSA) is 58.4 Å². The van der Waals surface area contributed by atoms with E-state index in [0.29, 0.717) is 13.0 Å². The average Bonchev–Trinajstić information content (AvgIpc) is 3.04. The van der Waals surface area contributed by atoms with Gasteiger partial charge in [-0.2, -0.15) is 0 Å². The highest BCUT2D eigenvalue weighted by molar-refractivity contribution is 5.75. The Balaban J connectivity index is 1.81. The van der Waals surface area contributed by atoms with E-state index in [0.717, 1.165) is 34.7 Å². The van der Waals surface area contributed by atoms with Crippen molar-refractivity contribution in [2.75, 3.05) is 12.4 Å². The number of fused-ring (bicyclic) bond motifs is 1. The highest BCUT2D eigenvalue weighted by Gasteiger charge is 2.07. The third-order valence-corrected chi connectivity index (χ3v) is 3.96. The first-order chi connectivity index (χ1) is 11.7. The van der Waals surface area contributed by atoms with Crippen molar-refractivity contribution < 1.29 is 4.79 Å². The first-order valence-corrected chi connectivity index (χ1v) is 8.23. The number of hydrogen-bond acceptors (Lipinski definition) is 3. The van der Waals surface area contributed by atoms with E-state index in [9.17, 15) is 4.79 Å². The fourth-order valence-corrected chi connectivity index (χ4v) is 2.68. The summed E-state index contributed by atoms with van der Waals surface area (Å²) < 4.78 is 2.07. The quantitative estimate of drug-likeness (QED) is 0.731. The molecule has 0 atom stereocenters. The van der Waals surface area contributed by atoms with Crippen molar-refractivity contribution in [3.63, 3.8) is 0 Å². The van der Waals surface area contributed by atoms with Gasteiger partial charge in [-0.15, -0.1) is 0 Å². The molecular weight excluding hydrogens is 300 g/mol. The van der Waals surface area contributed by atoms with Crippen LogP contribution in [-0.4, -0.2) is 22.3 Å². The largest absolute Gasteiger partial charge is 0.372 e. The van der Waals surface area contributed by atoms with E-state index in [1.165, 1.54) is 0 Å². The highest BCUT2D eigenvalue weighted by Crippen LogP contribution is 2.23. The Morgan fingerprint density at radius 3 is 2.67 bits per heavy atom. The molecule has 2 heterocycles. The van der Waals surface area contributed by atoms with Crippen LogP contribution in [0.1, 0.15) is 25.3 Å². The molecule has 1 amide bonds. The van der Waals surface area contributed by atoms with Crippen LogP contribution in [0.4, 0.5) is 5.82 Å². The van der Waals surface area contributed by atoms with Gasteiger partial charge in [-0.05, 0) is 29.7 Å². The molecule has 5 heteroatoms. The van der Waals surface area contributed by atoms with E-state index in [4.69, 9.17) is 0 Å². The zero-order chi connectivity index (χ0) is 16.9. The number of imidazole rings is 1. The van der Waals surface area contributed by atoms with Crippen molar-refractivity contribution in [1.29, 1.82) is 0 Å². The normalized spacial score (nSPS) is 10.8. The second-order valence-electron chi connectivity index (χ2n) is 5.74. The SMILES string of the molecule is CCCC(=O)NCc1ccc(-c2cccc3nc(NC)cn23)cc1. The van der Waals surface area contributed by atoms with E-state index in [1.54, 1.807) is 0 Å². The molecule has 0 radical (unpaired) electrons. The zero-order valence-corrected chi connectivity index (χ0v) is 14.0. The van der Waals surface area contributed by atoms with Gasteiger partial charge in [0.1, 0.15) is 11.5 Å². The van der Waals surface area contributed by atoms with Crippen LogP contribution in [0.5, 0.6) is 0 Å². The number of benzene rings is 1. The second-order valence-corrected chi connectivity index (χ2v) is 5.74. The molecule has 0 aliphatic carbocycles. The number of carbonyl (C=O) groups excluding carboxylic acids is 1. The third kappa shape index (κ3) is 3.40. The van der Waals surface area contributed by atoms with Crippen molar-refractivity contribution in [3.8, 4) is 11.3 Å². The van der Waals surface area contributed by atoms with Crippen LogP contribution in [0.15, 0.2) is 48.7 Å². The summed E-state index contributed by atoms with van der Waals surface area (Å²) in [6.45, 7) is 2.57. The Kier molecular flexibility index (Phi) is 4.79. The summed E-state index contributed by atoms with van der Waals surface area (Å²) in [5.74, 6) is 0.946. The van der Waals surface area contributed by atoms with Gasteiger partial charge >= 0.3 is 0 Å². The van der Waals surface area contributed by atoms with Crippen molar-refractivity contribution in [2.24, 2.45) is 0 Å². The molecular formula is C19H22N4O. The van der Waals surface area contributed by atoms with E-state index in [2.05, 4.69) is 50.4 Å². The maximum absolute atomic E-state index is 11.6. The highest BCUT2D eigenvalue weighted by atomic mass is 16.1. The van der Waals surface area contributed by atoms with Gasteiger partial charge in [0.2, 0.25) is 5.91 Å². The molecule has 0 bridgehead atoms. The smallest absolute Gasteiger partial charge is 0.220 e. The Morgan fingerprint density at radius 2 is 1.96 bits per heavy atom. The molecule has 3 aromatic rings. The van der Waals surface area contributed by atoms with Crippen molar-refractivity contribution in [2.45, 2.75) is 26.3 Å². The molecule has 0 fully saturated rings. The molecule has 124 valence electrons. The molecule has 0 spiro atoms. The number of anilines is 1. The van der Waals surface area contributed by atoms with Crippen LogP contribution in [0, 0.1) is 0 Å². The van der Waals surface area contributed by atoms with Crippen LogP contribution in [0.2, 0.25) is 0 Å². The van der Waals surface area contributed by atoms with Crippen LogP contribution in [0.3, 0.4) is 0 Å². The number of hydrogen-bond donors (Lipinski definition) is 2. The lowest BCUT2D eigenvalue weighted by Crippen LogP contribution is -2.21. The molecule has 5 nitrogen and oxygen atoms in total. The minimum atomic E-state index is 0.101. The van der Waals surface area contributed by atoms with Crippen molar-refractivity contribution >= 4 is 17.4 Å². The first-order valence-electron chi connectivity index (χ1n) is 8.23. The average molecular weight is 322 g/mol.